The van der Waals surface area contributed by atoms with E-state index in [1.54, 1.807) is 6.07 Å². The van der Waals surface area contributed by atoms with E-state index >= 15 is 0 Å². The van der Waals surface area contributed by atoms with Gasteiger partial charge in [0.2, 0.25) is 0 Å². The van der Waals surface area contributed by atoms with Crippen LogP contribution in [0.15, 0.2) is 18.2 Å². The molecule has 2 rings (SSSR count). The number of aryl methyl sites for hydroxylation is 1. The molecule has 1 fully saturated rings. The Hall–Kier alpha value is -1.02. The van der Waals surface area contributed by atoms with Crippen LogP contribution in [0.25, 0.3) is 0 Å². The molecule has 2 N–H and O–H groups in total. The van der Waals surface area contributed by atoms with Crippen LogP contribution in [0, 0.1) is 6.92 Å². The third kappa shape index (κ3) is 2.07. The number of benzene rings is 1. The Labute approximate surface area is 85.0 Å². The fourth-order valence-electron chi connectivity index (χ4n) is 2.06. The topological polar surface area (TPSA) is 32.3 Å². The molecule has 1 aliphatic rings. The monoisotopic (exact) mass is 191 g/mol. The lowest BCUT2D eigenvalue weighted by Crippen LogP contribution is -2.23. The molecule has 0 spiro atoms. The minimum Gasteiger partial charge on any atom is -0.508 e. The van der Waals surface area contributed by atoms with Crippen molar-refractivity contribution in [3.05, 3.63) is 29.3 Å². The number of hydrogen-bond acceptors (Lipinski definition) is 2. The van der Waals surface area contributed by atoms with Gasteiger partial charge in [0.25, 0.3) is 0 Å². The highest BCUT2D eigenvalue weighted by Crippen LogP contribution is 2.19. The van der Waals surface area contributed by atoms with Gasteiger partial charge >= 0.3 is 0 Å². The lowest BCUT2D eigenvalue weighted by Gasteiger charge is -2.10. The van der Waals surface area contributed by atoms with E-state index in [0.29, 0.717) is 11.8 Å². The van der Waals surface area contributed by atoms with Crippen molar-refractivity contribution in [3.63, 3.8) is 0 Å². The highest BCUT2D eigenvalue weighted by molar-refractivity contribution is 5.35. The van der Waals surface area contributed by atoms with Gasteiger partial charge in [0.05, 0.1) is 0 Å². The van der Waals surface area contributed by atoms with Crippen LogP contribution in [-0.2, 0) is 6.42 Å². The minimum absolute atomic E-state index is 0.396. The predicted molar refractivity (Wildman–Crippen MR) is 57.6 cm³/mol. The molecule has 1 aliphatic heterocycles. The summed E-state index contributed by atoms with van der Waals surface area (Å²) in [6.07, 6.45) is 3.66. The second-order valence-corrected chi connectivity index (χ2v) is 4.12. The molecule has 1 heterocycles. The quantitative estimate of drug-likeness (QED) is 0.749. The summed E-state index contributed by atoms with van der Waals surface area (Å²) in [4.78, 5) is 0. The van der Waals surface area contributed by atoms with E-state index < -0.39 is 0 Å². The van der Waals surface area contributed by atoms with Gasteiger partial charge in [0.15, 0.2) is 0 Å². The summed E-state index contributed by atoms with van der Waals surface area (Å²) in [6.45, 7) is 3.10. The highest BCUT2D eigenvalue weighted by Gasteiger charge is 2.14. The zero-order valence-corrected chi connectivity index (χ0v) is 8.59. The van der Waals surface area contributed by atoms with E-state index in [1.165, 1.54) is 18.4 Å². The van der Waals surface area contributed by atoms with Gasteiger partial charge in [-0.2, -0.15) is 0 Å². The Morgan fingerprint density at radius 1 is 1.50 bits per heavy atom. The van der Waals surface area contributed by atoms with Crippen molar-refractivity contribution in [1.82, 2.24) is 5.32 Å². The molecule has 14 heavy (non-hydrogen) atoms. The summed E-state index contributed by atoms with van der Waals surface area (Å²) in [5, 5.41) is 12.9. The zero-order chi connectivity index (χ0) is 9.97. The Bertz CT molecular complexity index is 316. The Morgan fingerprint density at radius 2 is 2.36 bits per heavy atom. The van der Waals surface area contributed by atoms with Gasteiger partial charge in [-0.1, -0.05) is 12.1 Å². The molecule has 1 aromatic carbocycles. The third-order valence-electron chi connectivity index (χ3n) is 2.91. The Morgan fingerprint density at radius 3 is 3.00 bits per heavy atom. The molecule has 2 heteroatoms. The van der Waals surface area contributed by atoms with Gasteiger partial charge in [-0.15, -0.1) is 0 Å². The van der Waals surface area contributed by atoms with Gasteiger partial charge in [-0.05, 0) is 49.9 Å². The summed E-state index contributed by atoms with van der Waals surface area (Å²) in [7, 11) is 0. The maximum atomic E-state index is 9.39. The van der Waals surface area contributed by atoms with E-state index in [1.807, 2.05) is 13.0 Å². The molecular formula is C12H17NO. The summed E-state index contributed by atoms with van der Waals surface area (Å²) in [5.41, 5.74) is 2.29. The first-order chi connectivity index (χ1) is 6.75. The zero-order valence-electron chi connectivity index (χ0n) is 8.59. The molecular weight excluding hydrogens is 174 g/mol. The van der Waals surface area contributed by atoms with Crippen molar-refractivity contribution < 1.29 is 5.11 Å². The Balaban J connectivity index is 2.05. The maximum Gasteiger partial charge on any atom is 0.118 e. The van der Waals surface area contributed by atoms with Crippen molar-refractivity contribution in [1.29, 1.82) is 0 Å². The van der Waals surface area contributed by atoms with Crippen LogP contribution in [0.5, 0.6) is 5.75 Å². The molecule has 0 aliphatic carbocycles. The molecule has 0 bridgehead atoms. The van der Waals surface area contributed by atoms with Crippen LogP contribution < -0.4 is 5.32 Å². The van der Waals surface area contributed by atoms with Gasteiger partial charge in [0.1, 0.15) is 5.75 Å². The molecule has 0 saturated carbocycles. The van der Waals surface area contributed by atoms with Gasteiger partial charge in [-0.25, -0.2) is 0 Å². The second-order valence-electron chi connectivity index (χ2n) is 4.12. The van der Waals surface area contributed by atoms with Gasteiger partial charge < -0.3 is 10.4 Å². The molecule has 76 valence electrons. The minimum atomic E-state index is 0.396. The average molecular weight is 191 g/mol. The number of phenolic OH excluding ortho intramolecular Hbond substituents is 1. The van der Waals surface area contributed by atoms with E-state index in [-0.39, 0.29) is 0 Å². The maximum absolute atomic E-state index is 9.39. The van der Waals surface area contributed by atoms with Crippen LogP contribution in [-0.4, -0.2) is 17.7 Å². The second kappa shape index (κ2) is 4.01. The standard InChI is InChI=1S/C12H17NO/c1-9-7-10(4-5-12(9)14)8-11-3-2-6-13-11/h4-5,7,11,13-14H,2-3,6,8H2,1H3. The summed E-state index contributed by atoms with van der Waals surface area (Å²) < 4.78 is 0. The molecule has 1 saturated heterocycles. The molecule has 1 unspecified atom stereocenters. The fourth-order valence-corrected chi connectivity index (χ4v) is 2.06. The van der Waals surface area contributed by atoms with E-state index in [2.05, 4.69) is 11.4 Å². The van der Waals surface area contributed by atoms with Crippen LogP contribution in [0.4, 0.5) is 0 Å². The van der Waals surface area contributed by atoms with Crippen molar-refractivity contribution >= 4 is 0 Å². The van der Waals surface area contributed by atoms with E-state index in [9.17, 15) is 5.11 Å². The lowest BCUT2D eigenvalue weighted by atomic mass is 10.0. The molecule has 1 aromatic rings. The SMILES string of the molecule is Cc1cc(CC2CCCN2)ccc1O. The third-order valence-corrected chi connectivity index (χ3v) is 2.91. The fraction of sp³-hybridized carbons (Fsp3) is 0.500. The van der Waals surface area contributed by atoms with E-state index in [4.69, 9.17) is 0 Å². The largest absolute Gasteiger partial charge is 0.508 e. The number of aromatic hydroxyl groups is 1. The molecule has 0 radical (unpaired) electrons. The number of rotatable bonds is 2. The molecule has 1 atom stereocenters. The first-order valence-corrected chi connectivity index (χ1v) is 5.27. The van der Waals surface area contributed by atoms with Crippen molar-refractivity contribution in [2.45, 2.75) is 32.2 Å². The van der Waals surface area contributed by atoms with Crippen LogP contribution >= 0.6 is 0 Å². The van der Waals surface area contributed by atoms with Crippen molar-refractivity contribution in [3.8, 4) is 5.75 Å². The van der Waals surface area contributed by atoms with Crippen molar-refractivity contribution in [2.24, 2.45) is 0 Å². The first-order valence-electron chi connectivity index (χ1n) is 5.27. The van der Waals surface area contributed by atoms with E-state index in [0.717, 1.165) is 18.5 Å². The number of nitrogens with one attached hydrogen (secondary N) is 1. The smallest absolute Gasteiger partial charge is 0.118 e. The van der Waals surface area contributed by atoms with Crippen LogP contribution in [0.3, 0.4) is 0 Å². The Kier molecular flexibility index (Phi) is 2.73. The summed E-state index contributed by atoms with van der Waals surface area (Å²) in [6, 6.07) is 6.52. The normalized spacial score (nSPS) is 21.4. The lowest BCUT2D eigenvalue weighted by molar-refractivity contribution is 0.470. The summed E-state index contributed by atoms with van der Waals surface area (Å²) in [5.74, 6) is 0.396. The molecule has 2 nitrogen and oxygen atoms in total. The van der Waals surface area contributed by atoms with Crippen LogP contribution in [0.2, 0.25) is 0 Å². The highest BCUT2D eigenvalue weighted by atomic mass is 16.3. The molecule has 0 amide bonds. The van der Waals surface area contributed by atoms with Gasteiger partial charge in [0, 0.05) is 6.04 Å². The van der Waals surface area contributed by atoms with Crippen LogP contribution in [0.1, 0.15) is 24.0 Å². The average Bonchev–Trinajstić information content (AvgIpc) is 2.64. The molecule has 0 aromatic heterocycles. The summed E-state index contributed by atoms with van der Waals surface area (Å²) >= 11 is 0. The first kappa shape index (κ1) is 9.53. The predicted octanol–water partition coefficient (Wildman–Crippen LogP) is 2.00. The van der Waals surface area contributed by atoms with Gasteiger partial charge in [-0.3, -0.25) is 0 Å². The number of hydrogen-bond donors (Lipinski definition) is 2. The van der Waals surface area contributed by atoms with Crippen molar-refractivity contribution in [2.75, 3.05) is 6.54 Å². The number of phenols is 1.